The summed E-state index contributed by atoms with van der Waals surface area (Å²) in [6.45, 7) is 0. The molecular formula is C13H15ClO5. The number of halogens is 1. The predicted octanol–water partition coefficient (Wildman–Crippen LogP) is 1.73. The molecule has 1 aromatic carbocycles. The quantitative estimate of drug-likeness (QED) is 0.659. The van der Waals surface area contributed by atoms with Gasteiger partial charge in [0.15, 0.2) is 5.92 Å². The Morgan fingerprint density at radius 1 is 1.16 bits per heavy atom. The maximum atomic E-state index is 11.5. The van der Waals surface area contributed by atoms with Gasteiger partial charge < -0.3 is 14.6 Å². The van der Waals surface area contributed by atoms with E-state index in [0.29, 0.717) is 10.6 Å². The van der Waals surface area contributed by atoms with Crippen LogP contribution in [0.25, 0.3) is 0 Å². The third kappa shape index (κ3) is 4.22. The first-order valence-corrected chi connectivity index (χ1v) is 5.96. The lowest BCUT2D eigenvalue weighted by atomic mass is 9.97. The smallest absolute Gasteiger partial charge is 0.320 e. The van der Waals surface area contributed by atoms with E-state index in [1.165, 1.54) is 14.2 Å². The minimum absolute atomic E-state index is 0.110. The maximum absolute atomic E-state index is 11.5. The van der Waals surface area contributed by atoms with Crippen LogP contribution in [0.1, 0.15) is 18.1 Å². The zero-order valence-corrected chi connectivity index (χ0v) is 11.4. The van der Waals surface area contributed by atoms with Crippen LogP contribution in [0.5, 0.6) is 0 Å². The Hall–Kier alpha value is -1.59. The SMILES string of the molecule is COC(=O)C(CC(O)c1ccc(Cl)cc1)C(=O)OC. The van der Waals surface area contributed by atoms with Crippen molar-refractivity contribution in [3.8, 4) is 0 Å². The first-order valence-electron chi connectivity index (χ1n) is 5.58. The molecular weight excluding hydrogens is 272 g/mol. The van der Waals surface area contributed by atoms with E-state index in [9.17, 15) is 14.7 Å². The van der Waals surface area contributed by atoms with Crippen molar-refractivity contribution in [1.29, 1.82) is 0 Å². The van der Waals surface area contributed by atoms with Crippen molar-refractivity contribution in [3.63, 3.8) is 0 Å². The topological polar surface area (TPSA) is 72.8 Å². The fraction of sp³-hybridized carbons (Fsp3) is 0.385. The van der Waals surface area contributed by atoms with Crippen LogP contribution in [0.3, 0.4) is 0 Å². The molecule has 0 saturated heterocycles. The van der Waals surface area contributed by atoms with Crippen molar-refractivity contribution in [2.24, 2.45) is 5.92 Å². The fourth-order valence-electron chi connectivity index (χ4n) is 1.62. The lowest BCUT2D eigenvalue weighted by molar-refractivity contribution is -0.160. The molecule has 0 amide bonds. The second kappa shape index (κ2) is 7.11. The highest BCUT2D eigenvalue weighted by Gasteiger charge is 2.31. The molecule has 0 radical (unpaired) electrons. The molecule has 0 aliphatic rings. The Kier molecular flexibility index (Phi) is 5.79. The van der Waals surface area contributed by atoms with Crippen LogP contribution < -0.4 is 0 Å². The summed E-state index contributed by atoms with van der Waals surface area (Å²) in [5.74, 6) is -2.62. The number of ether oxygens (including phenoxy) is 2. The van der Waals surface area contributed by atoms with Crippen LogP contribution in [0.15, 0.2) is 24.3 Å². The molecule has 1 unspecified atom stereocenters. The lowest BCUT2D eigenvalue weighted by Gasteiger charge is -2.16. The average Bonchev–Trinajstić information content (AvgIpc) is 2.43. The van der Waals surface area contributed by atoms with Crippen molar-refractivity contribution in [1.82, 2.24) is 0 Å². The number of aliphatic hydroxyl groups excluding tert-OH is 1. The highest BCUT2D eigenvalue weighted by Crippen LogP contribution is 2.24. The molecule has 0 saturated carbocycles. The summed E-state index contributed by atoms with van der Waals surface area (Å²) in [5.41, 5.74) is 0.558. The second-order valence-electron chi connectivity index (χ2n) is 3.90. The van der Waals surface area contributed by atoms with E-state index in [0.717, 1.165) is 0 Å². The molecule has 0 fully saturated rings. The normalized spacial score (nSPS) is 12.1. The number of esters is 2. The third-order valence-electron chi connectivity index (χ3n) is 2.69. The predicted molar refractivity (Wildman–Crippen MR) is 68.6 cm³/mol. The van der Waals surface area contributed by atoms with E-state index in [-0.39, 0.29) is 6.42 Å². The van der Waals surface area contributed by atoms with Crippen molar-refractivity contribution in [2.45, 2.75) is 12.5 Å². The van der Waals surface area contributed by atoms with Crippen LogP contribution >= 0.6 is 11.6 Å². The Balaban J connectivity index is 2.81. The molecule has 6 heteroatoms. The molecule has 19 heavy (non-hydrogen) atoms. The standard InChI is InChI=1S/C13H15ClO5/c1-18-12(16)10(13(17)19-2)7-11(15)8-3-5-9(14)6-4-8/h3-6,10-11,15H,7H2,1-2H3. The van der Waals surface area contributed by atoms with Gasteiger partial charge in [-0.1, -0.05) is 23.7 Å². The summed E-state index contributed by atoms with van der Waals surface area (Å²) in [7, 11) is 2.35. The molecule has 1 rings (SSSR count). The van der Waals surface area contributed by atoms with Crippen molar-refractivity contribution in [3.05, 3.63) is 34.9 Å². The third-order valence-corrected chi connectivity index (χ3v) is 2.94. The zero-order chi connectivity index (χ0) is 14.4. The molecule has 5 nitrogen and oxygen atoms in total. The molecule has 0 heterocycles. The number of carbonyl (C=O) groups excluding carboxylic acids is 2. The Bertz CT molecular complexity index is 427. The lowest BCUT2D eigenvalue weighted by Crippen LogP contribution is -2.28. The van der Waals surface area contributed by atoms with E-state index < -0.39 is 24.0 Å². The van der Waals surface area contributed by atoms with Gasteiger partial charge in [-0.25, -0.2) is 0 Å². The van der Waals surface area contributed by atoms with Gasteiger partial charge in [0.1, 0.15) is 0 Å². The molecule has 1 atom stereocenters. The number of hydrogen-bond acceptors (Lipinski definition) is 5. The molecule has 1 aromatic rings. The van der Waals surface area contributed by atoms with Crippen LogP contribution in [0, 0.1) is 5.92 Å². The number of rotatable bonds is 5. The average molecular weight is 287 g/mol. The van der Waals surface area contributed by atoms with E-state index in [2.05, 4.69) is 9.47 Å². The van der Waals surface area contributed by atoms with E-state index >= 15 is 0 Å². The van der Waals surface area contributed by atoms with Gasteiger partial charge in [-0.2, -0.15) is 0 Å². The van der Waals surface area contributed by atoms with E-state index in [1.807, 2.05) is 0 Å². The number of aliphatic hydroxyl groups is 1. The highest BCUT2D eigenvalue weighted by atomic mass is 35.5. The van der Waals surface area contributed by atoms with Gasteiger partial charge in [-0.05, 0) is 17.7 Å². The molecule has 0 spiro atoms. The minimum atomic E-state index is -1.15. The van der Waals surface area contributed by atoms with Gasteiger partial charge in [0.05, 0.1) is 20.3 Å². The number of benzene rings is 1. The zero-order valence-electron chi connectivity index (χ0n) is 10.6. The summed E-state index contributed by atoms with van der Waals surface area (Å²) in [6, 6.07) is 6.48. The van der Waals surface area contributed by atoms with Crippen molar-refractivity contribution < 1.29 is 24.2 Å². The van der Waals surface area contributed by atoms with E-state index in [4.69, 9.17) is 11.6 Å². The Labute approximate surface area is 116 Å². The summed E-state index contributed by atoms with van der Waals surface area (Å²) in [4.78, 5) is 23.0. The molecule has 0 aromatic heterocycles. The summed E-state index contributed by atoms with van der Waals surface area (Å²) in [6.07, 6.45) is -1.10. The minimum Gasteiger partial charge on any atom is -0.468 e. The Morgan fingerprint density at radius 3 is 2.05 bits per heavy atom. The van der Waals surface area contributed by atoms with Crippen LogP contribution in [0.2, 0.25) is 5.02 Å². The van der Waals surface area contributed by atoms with Gasteiger partial charge in [0, 0.05) is 11.4 Å². The van der Waals surface area contributed by atoms with Crippen molar-refractivity contribution >= 4 is 23.5 Å². The monoisotopic (exact) mass is 286 g/mol. The van der Waals surface area contributed by atoms with Gasteiger partial charge in [-0.3, -0.25) is 9.59 Å². The highest BCUT2D eigenvalue weighted by molar-refractivity contribution is 6.30. The molecule has 104 valence electrons. The first kappa shape index (κ1) is 15.5. The molecule has 1 N–H and O–H groups in total. The van der Waals surface area contributed by atoms with Gasteiger partial charge >= 0.3 is 11.9 Å². The number of carbonyl (C=O) groups is 2. The van der Waals surface area contributed by atoms with E-state index in [1.54, 1.807) is 24.3 Å². The molecule has 0 bridgehead atoms. The largest absolute Gasteiger partial charge is 0.468 e. The Morgan fingerprint density at radius 2 is 1.63 bits per heavy atom. The molecule has 0 aliphatic heterocycles. The number of methoxy groups -OCH3 is 2. The summed E-state index contributed by atoms with van der Waals surface area (Å²) < 4.78 is 9.04. The summed E-state index contributed by atoms with van der Waals surface area (Å²) >= 11 is 5.74. The van der Waals surface area contributed by atoms with Gasteiger partial charge in [-0.15, -0.1) is 0 Å². The molecule has 0 aliphatic carbocycles. The fourth-order valence-corrected chi connectivity index (χ4v) is 1.74. The van der Waals surface area contributed by atoms with Crippen LogP contribution in [-0.4, -0.2) is 31.3 Å². The summed E-state index contributed by atoms with van der Waals surface area (Å²) in [5, 5.41) is 10.5. The first-order chi connectivity index (χ1) is 8.99. The maximum Gasteiger partial charge on any atom is 0.320 e. The van der Waals surface area contributed by atoms with Crippen molar-refractivity contribution in [2.75, 3.05) is 14.2 Å². The van der Waals surface area contributed by atoms with Gasteiger partial charge in [0.2, 0.25) is 0 Å². The van der Waals surface area contributed by atoms with Crippen LogP contribution in [-0.2, 0) is 19.1 Å². The number of hydrogen-bond donors (Lipinski definition) is 1. The van der Waals surface area contributed by atoms with Crippen LogP contribution in [0.4, 0.5) is 0 Å². The van der Waals surface area contributed by atoms with Gasteiger partial charge in [0.25, 0.3) is 0 Å². The second-order valence-corrected chi connectivity index (χ2v) is 4.34.